The first-order chi connectivity index (χ1) is 14.3. The van der Waals surface area contributed by atoms with Crippen molar-refractivity contribution >= 4 is 40.7 Å². The first-order valence-electron chi connectivity index (χ1n) is 9.88. The number of aromatic nitrogens is 4. The Morgan fingerprint density at radius 2 is 2.10 bits per heavy atom. The number of thioether (sulfide) groups is 1. The number of halogens is 1. The number of hydrogen-bond donors (Lipinski definition) is 1. The smallest absolute Gasteiger partial charge is 0.253 e. The second-order valence-corrected chi connectivity index (χ2v) is 8.81. The van der Waals surface area contributed by atoms with E-state index in [1.54, 1.807) is 36.7 Å². The summed E-state index contributed by atoms with van der Waals surface area (Å²) in [5.41, 5.74) is 3.77. The van der Waals surface area contributed by atoms with Crippen LogP contribution in [0.3, 0.4) is 0 Å². The van der Waals surface area contributed by atoms with Crippen molar-refractivity contribution in [1.82, 2.24) is 19.6 Å². The van der Waals surface area contributed by atoms with Gasteiger partial charge in [0.15, 0.2) is 0 Å². The zero-order valence-electron chi connectivity index (χ0n) is 17.8. The number of rotatable bonds is 8. The molecule has 0 aliphatic rings. The fourth-order valence-electron chi connectivity index (χ4n) is 3.18. The van der Waals surface area contributed by atoms with E-state index in [0.29, 0.717) is 27.4 Å². The molecule has 160 valence electrons. The minimum atomic E-state index is -0.424. The van der Waals surface area contributed by atoms with E-state index in [2.05, 4.69) is 27.3 Å². The van der Waals surface area contributed by atoms with Gasteiger partial charge in [-0.25, -0.2) is 9.50 Å². The number of methoxy groups -OCH3 is 1. The van der Waals surface area contributed by atoms with Gasteiger partial charge in [-0.1, -0.05) is 36.7 Å². The molecule has 0 spiro atoms. The van der Waals surface area contributed by atoms with Gasteiger partial charge < -0.3 is 10.1 Å². The number of benzene rings is 1. The van der Waals surface area contributed by atoms with E-state index in [0.717, 1.165) is 30.7 Å². The molecule has 1 N–H and O–H groups in total. The van der Waals surface area contributed by atoms with Gasteiger partial charge in [0, 0.05) is 16.4 Å². The first-order valence-corrected chi connectivity index (χ1v) is 11.1. The SMILES string of the molecule is CCCCc1c(C)nc2nc(SC(C)C(=O)Nc3cc(Cl)ccc3OC)nn2c1C. The zero-order chi connectivity index (χ0) is 21.8. The van der Waals surface area contributed by atoms with Gasteiger partial charge >= 0.3 is 0 Å². The molecule has 0 saturated carbocycles. The average molecular weight is 448 g/mol. The fourth-order valence-corrected chi connectivity index (χ4v) is 4.10. The van der Waals surface area contributed by atoms with E-state index < -0.39 is 5.25 Å². The molecule has 1 aromatic carbocycles. The molecule has 2 heterocycles. The van der Waals surface area contributed by atoms with Gasteiger partial charge in [0.05, 0.1) is 18.0 Å². The Labute approximate surface area is 185 Å². The van der Waals surface area contributed by atoms with Crippen molar-refractivity contribution in [2.75, 3.05) is 12.4 Å². The lowest BCUT2D eigenvalue weighted by atomic mass is 10.1. The predicted octanol–water partition coefficient (Wildman–Crippen LogP) is 4.87. The van der Waals surface area contributed by atoms with E-state index in [-0.39, 0.29) is 5.91 Å². The number of hydrogen-bond acceptors (Lipinski definition) is 6. The van der Waals surface area contributed by atoms with Crippen LogP contribution >= 0.6 is 23.4 Å². The van der Waals surface area contributed by atoms with Crippen LogP contribution < -0.4 is 10.1 Å². The molecule has 0 saturated heterocycles. The summed E-state index contributed by atoms with van der Waals surface area (Å²) in [6.07, 6.45) is 3.20. The number of fused-ring (bicyclic) bond motifs is 1. The minimum absolute atomic E-state index is 0.191. The van der Waals surface area contributed by atoms with Crippen LogP contribution in [0.1, 0.15) is 43.6 Å². The third-order valence-corrected chi connectivity index (χ3v) is 6.07. The van der Waals surface area contributed by atoms with E-state index in [4.69, 9.17) is 16.3 Å². The highest BCUT2D eigenvalue weighted by Crippen LogP contribution is 2.29. The van der Waals surface area contributed by atoms with Crippen molar-refractivity contribution in [3.63, 3.8) is 0 Å². The molecule has 7 nitrogen and oxygen atoms in total. The van der Waals surface area contributed by atoms with Gasteiger partial charge in [-0.2, -0.15) is 4.98 Å². The Balaban J connectivity index is 1.78. The molecule has 0 aliphatic heterocycles. The number of amides is 1. The molecule has 9 heteroatoms. The average Bonchev–Trinajstić information content (AvgIpc) is 3.10. The van der Waals surface area contributed by atoms with Crippen LogP contribution in [-0.4, -0.2) is 37.8 Å². The molecule has 0 fully saturated rings. The minimum Gasteiger partial charge on any atom is -0.495 e. The topological polar surface area (TPSA) is 81.4 Å². The number of unbranched alkanes of at least 4 members (excludes halogenated alkanes) is 1. The summed E-state index contributed by atoms with van der Waals surface area (Å²) in [6.45, 7) is 8.03. The van der Waals surface area contributed by atoms with Crippen LogP contribution in [-0.2, 0) is 11.2 Å². The number of ether oxygens (including phenoxy) is 1. The van der Waals surface area contributed by atoms with Gasteiger partial charge in [0.2, 0.25) is 11.1 Å². The van der Waals surface area contributed by atoms with Crippen LogP contribution in [0.4, 0.5) is 5.69 Å². The summed E-state index contributed by atoms with van der Waals surface area (Å²) in [6, 6.07) is 5.08. The molecule has 1 amide bonds. The van der Waals surface area contributed by atoms with E-state index >= 15 is 0 Å². The van der Waals surface area contributed by atoms with Crippen molar-refractivity contribution in [3.05, 3.63) is 40.2 Å². The summed E-state index contributed by atoms with van der Waals surface area (Å²) in [5, 5.41) is 8.05. The van der Waals surface area contributed by atoms with Gasteiger partial charge in [-0.15, -0.1) is 5.10 Å². The molecule has 0 aliphatic carbocycles. The summed E-state index contributed by atoms with van der Waals surface area (Å²) in [4.78, 5) is 21.8. The molecule has 3 aromatic rings. The molecule has 0 radical (unpaired) electrons. The monoisotopic (exact) mass is 447 g/mol. The Kier molecular flexibility index (Phi) is 7.20. The Morgan fingerprint density at radius 3 is 2.80 bits per heavy atom. The van der Waals surface area contributed by atoms with E-state index in [9.17, 15) is 4.79 Å². The number of nitrogens with zero attached hydrogens (tertiary/aromatic N) is 4. The lowest BCUT2D eigenvalue weighted by Gasteiger charge is -2.13. The number of carbonyl (C=O) groups excluding carboxylic acids is 1. The quantitative estimate of drug-likeness (QED) is 0.496. The van der Waals surface area contributed by atoms with Gasteiger partial charge in [0.1, 0.15) is 5.75 Å². The molecule has 0 bridgehead atoms. The Bertz CT molecular complexity index is 1070. The molecule has 3 rings (SSSR count). The standard InChI is InChI=1S/C21H26ClN5O2S/c1-6-7-8-16-12(2)23-20-25-21(26-27(20)13(16)3)30-14(4)19(28)24-17-11-15(22)9-10-18(17)29-5/h9-11,14H,6-8H2,1-5H3,(H,24,28). The van der Waals surface area contributed by atoms with Crippen molar-refractivity contribution in [3.8, 4) is 5.75 Å². The summed E-state index contributed by atoms with van der Waals surface area (Å²) < 4.78 is 7.05. The van der Waals surface area contributed by atoms with Crippen molar-refractivity contribution in [1.29, 1.82) is 0 Å². The third kappa shape index (κ3) is 4.87. The lowest BCUT2D eigenvalue weighted by Crippen LogP contribution is -2.22. The molecule has 1 atom stereocenters. The maximum Gasteiger partial charge on any atom is 0.253 e. The normalized spacial score (nSPS) is 12.2. The first kappa shape index (κ1) is 22.4. The Morgan fingerprint density at radius 1 is 1.33 bits per heavy atom. The van der Waals surface area contributed by atoms with Crippen LogP contribution in [0.2, 0.25) is 5.02 Å². The number of carbonyl (C=O) groups is 1. The highest BCUT2D eigenvalue weighted by Gasteiger charge is 2.20. The fraction of sp³-hybridized carbons (Fsp3) is 0.429. The Hall–Kier alpha value is -2.32. The van der Waals surface area contributed by atoms with Gasteiger partial charge in [-0.05, 0) is 57.4 Å². The molecular formula is C21H26ClN5O2S. The lowest BCUT2D eigenvalue weighted by molar-refractivity contribution is -0.115. The molecular weight excluding hydrogens is 422 g/mol. The maximum absolute atomic E-state index is 12.7. The zero-order valence-corrected chi connectivity index (χ0v) is 19.4. The van der Waals surface area contributed by atoms with Crippen LogP contribution in [0.25, 0.3) is 5.78 Å². The van der Waals surface area contributed by atoms with Crippen LogP contribution in [0.15, 0.2) is 23.4 Å². The highest BCUT2D eigenvalue weighted by molar-refractivity contribution is 8.00. The summed E-state index contributed by atoms with van der Waals surface area (Å²) in [5.74, 6) is 0.909. The number of anilines is 1. The maximum atomic E-state index is 12.7. The number of nitrogens with one attached hydrogen (secondary N) is 1. The van der Waals surface area contributed by atoms with E-state index in [1.807, 2.05) is 13.8 Å². The van der Waals surface area contributed by atoms with Crippen LogP contribution in [0.5, 0.6) is 5.75 Å². The molecule has 30 heavy (non-hydrogen) atoms. The van der Waals surface area contributed by atoms with Gasteiger partial charge in [0.25, 0.3) is 5.78 Å². The number of aryl methyl sites for hydroxylation is 2. The van der Waals surface area contributed by atoms with Crippen LogP contribution in [0, 0.1) is 13.8 Å². The second kappa shape index (κ2) is 9.66. The summed E-state index contributed by atoms with van der Waals surface area (Å²) in [7, 11) is 1.55. The van der Waals surface area contributed by atoms with E-state index in [1.165, 1.54) is 17.3 Å². The van der Waals surface area contributed by atoms with Crippen molar-refractivity contribution in [2.45, 2.75) is 57.4 Å². The molecule has 1 unspecified atom stereocenters. The second-order valence-electron chi connectivity index (χ2n) is 7.06. The highest BCUT2D eigenvalue weighted by atomic mass is 35.5. The van der Waals surface area contributed by atoms with Crippen molar-refractivity contribution in [2.24, 2.45) is 0 Å². The van der Waals surface area contributed by atoms with Gasteiger partial charge in [-0.3, -0.25) is 4.79 Å². The van der Waals surface area contributed by atoms with Crippen molar-refractivity contribution < 1.29 is 9.53 Å². The molecule has 2 aromatic heterocycles. The predicted molar refractivity (Wildman–Crippen MR) is 121 cm³/mol. The third-order valence-electron chi connectivity index (χ3n) is 4.88. The largest absolute Gasteiger partial charge is 0.495 e. The summed E-state index contributed by atoms with van der Waals surface area (Å²) >= 11 is 7.33.